The lowest BCUT2D eigenvalue weighted by atomic mass is 10.1. The van der Waals surface area contributed by atoms with E-state index in [9.17, 15) is 9.59 Å². The summed E-state index contributed by atoms with van der Waals surface area (Å²) in [6, 6.07) is 0. The second kappa shape index (κ2) is 13.6. The molecule has 1 atom stereocenters. The monoisotopic (exact) mass is 224 g/mol. The van der Waals surface area contributed by atoms with Crippen LogP contribution in [0, 0.1) is 5.92 Å². The van der Waals surface area contributed by atoms with E-state index >= 15 is 0 Å². The maximum absolute atomic E-state index is 10.3. The van der Waals surface area contributed by atoms with Crippen molar-refractivity contribution in [2.24, 2.45) is 5.92 Å². The largest absolute Gasteiger partial charge is 0.299 e. The van der Waals surface area contributed by atoms with Gasteiger partial charge in [-0.25, -0.2) is 0 Å². The van der Waals surface area contributed by atoms with Crippen molar-refractivity contribution in [3.05, 3.63) is 37.5 Å². The number of allylic oxidation sites excluding steroid dienone is 3. The second-order valence-electron chi connectivity index (χ2n) is 2.92. The van der Waals surface area contributed by atoms with Crippen molar-refractivity contribution in [2.45, 2.75) is 34.6 Å². The zero-order valence-electron chi connectivity index (χ0n) is 11.2. The first-order valence-electron chi connectivity index (χ1n) is 5.32. The Morgan fingerprint density at radius 1 is 1.12 bits per heavy atom. The van der Waals surface area contributed by atoms with Crippen LogP contribution in [0.4, 0.5) is 0 Å². The molecular formula is C14H24O2. The Bertz CT molecular complexity index is 249. The van der Waals surface area contributed by atoms with E-state index in [4.69, 9.17) is 0 Å². The highest BCUT2D eigenvalue weighted by Crippen LogP contribution is 1.94. The van der Waals surface area contributed by atoms with E-state index in [0.29, 0.717) is 5.57 Å². The summed E-state index contributed by atoms with van der Waals surface area (Å²) in [6.45, 7) is 19.1. The highest BCUT2D eigenvalue weighted by Gasteiger charge is 1.98. The van der Waals surface area contributed by atoms with Gasteiger partial charge < -0.3 is 0 Å². The summed E-state index contributed by atoms with van der Waals surface area (Å²) in [6.07, 6.45) is 3.09. The summed E-state index contributed by atoms with van der Waals surface area (Å²) < 4.78 is 0. The smallest absolute Gasteiger partial charge is 0.159 e. The van der Waals surface area contributed by atoms with Gasteiger partial charge in [-0.1, -0.05) is 46.1 Å². The van der Waals surface area contributed by atoms with Crippen LogP contribution < -0.4 is 0 Å². The van der Waals surface area contributed by atoms with E-state index in [2.05, 4.69) is 19.7 Å². The Morgan fingerprint density at radius 2 is 1.50 bits per heavy atom. The molecule has 0 aliphatic carbocycles. The lowest BCUT2D eigenvalue weighted by molar-refractivity contribution is -0.119. The fourth-order valence-corrected chi connectivity index (χ4v) is 0.310. The number of ketones is 2. The van der Waals surface area contributed by atoms with Crippen LogP contribution in [0.2, 0.25) is 0 Å². The topological polar surface area (TPSA) is 34.1 Å². The zero-order valence-corrected chi connectivity index (χ0v) is 11.2. The molecule has 2 heteroatoms. The Morgan fingerprint density at radius 3 is 1.50 bits per heavy atom. The Kier molecular flexibility index (Phi) is 17.0. The quantitative estimate of drug-likeness (QED) is 0.414. The van der Waals surface area contributed by atoms with Crippen molar-refractivity contribution in [3.63, 3.8) is 0 Å². The molecule has 0 radical (unpaired) electrons. The molecular weight excluding hydrogens is 200 g/mol. The predicted molar refractivity (Wildman–Crippen MR) is 71.4 cm³/mol. The summed E-state index contributed by atoms with van der Waals surface area (Å²) in [4.78, 5) is 20.5. The first-order valence-corrected chi connectivity index (χ1v) is 5.32. The molecule has 0 saturated heterocycles. The zero-order chi connectivity index (χ0) is 13.7. The van der Waals surface area contributed by atoms with E-state index in [0.717, 1.165) is 0 Å². The third kappa shape index (κ3) is 15.1. The second-order valence-corrected chi connectivity index (χ2v) is 2.92. The van der Waals surface area contributed by atoms with E-state index in [1.807, 2.05) is 20.8 Å². The van der Waals surface area contributed by atoms with E-state index in [-0.39, 0.29) is 17.5 Å². The van der Waals surface area contributed by atoms with Crippen LogP contribution in [0.15, 0.2) is 37.5 Å². The standard InChI is InChI=1S/C6H10O.C6H8O.C2H6/c2*1-4-5(2)6(3)7;1-2/h4-5H,1H2,2-3H3;4H,1-2H2,3H3;1-2H3. The predicted octanol–water partition coefficient (Wildman–Crippen LogP) is 3.74. The normalized spacial score (nSPS) is 9.31. The van der Waals surface area contributed by atoms with E-state index < -0.39 is 0 Å². The van der Waals surface area contributed by atoms with Gasteiger partial charge in [0.1, 0.15) is 5.78 Å². The van der Waals surface area contributed by atoms with Crippen molar-refractivity contribution in [1.29, 1.82) is 0 Å². The van der Waals surface area contributed by atoms with Crippen LogP contribution in [0.25, 0.3) is 0 Å². The highest BCUT2D eigenvalue weighted by molar-refractivity contribution is 5.95. The van der Waals surface area contributed by atoms with Crippen LogP contribution in [0.5, 0.6) is 0 Å². The van der Waals surface area contributed by atoms with Gasteiger partial charge in [-0.05, 0) is 13.8 Å². The maximum Gasteiger partial charge on any atom is 0.159 e. The minimum absolute atomic E-state index is 0.0185. The summed E-state index contributed by atoms with van der Waals surface area (Å²) in [5.41, 5.74) is 0.472. The summed E-state index contributed by atoms with van der Waals surface area (Å²) in [7, 11) is 0. The number of carbonyl (C=O) groups excluding carboxylic acids is 2. The molecule has 0 heterocycles. The van der Waals surface area contributed by atoms with Crippen molar-refractivity contribution in [1.82, 2.24) is 0 Å². The number of hydrogen-bond acceptors (Lipinski definition) is 2. The molecule has 16 heavy (non-hydrogen) atoms. The number of Topliss-reactive ketones (excluding diaryl/α,β-unsaturated/α-hetero) is 2. The number of carbonyl (C=O) groups is 2. The molecule has 0 aromatic heterocycles. The van der Waals surface area contributed by atoms with Gasteiger partial charge >= 0.3 is 0 Å². The molecule has 0 aromatic rings. The van der Waals surface area contributed by atoms with Crippen LogP contribution in [-0.2, 0) is 9.59 Å². The number of rotatable bonds is 4. The Labute approximate surface area is 99.7 Å². The van der Waals surface area contributed by atoms with Crippen molar-refractivity contribution >= 4 is 11.6 Å². The molecule has 0 amide bonds. The van der Waals surface area contributed by atoms with E-state index in [1.165, 1.54) is 13.0 Å². The molecule has 0 bridgehead atoms. The SMILES string of the molecule is C=CC(=C)C(C)=O.C=CC(C)C(C)=O.CC. The van der Waals surface area contributed by atoms with Crippen LogP contribution in [-0.4, -0.2) is 11.6 Å². The van der Waals surface area contributed by atoms with Crippen molar-refractivity contribution < 1.29 is 9.59 Å². The minimum Gasteiger partial charge on any atom is -0.299 e. The van der Waals surface area contributed by atoms with Gasteiger partial charge in [-0.15, -0.1) is 6.58 Å². The number of hydrogen-bond donors (Lipinski definition) is 0. The lowest BCUT2D eigenvalue weighted by Crippen LogP contribution is -2.00. The van der Waals surface area contributed by atoms with Crippen LogP contribution in [0.3, 0.4) is 0 Å². The third-order valence-corrected chi connectivity index (χ3v) is 1.69. The molecule has 0 aliphatic rings. The molecule has 0 spiro atoms. The summed E-state index contributed by atoms with van der Waals surface area (Å²) in [5, 5.41) is 0. The van der Waals surface area contributed by atoms with Gasteiger partial charge in [0, 0.05) is 11.5 Å². The van der Waals surface area contributed by atoms with Gasteiger partial charge in [0.05, 0.1) is 0 Å². The molecule has 0 aromatic carbocycles. The molecule has 0 rings (SSSR count). The van der Waals surface area contributed by atoms with Gasteiger partial charge in [0.15, 0.2) is 5.78 Å². The first-order chi connectivity index (χ1) is 7.36. The van der Waals surface area contributed by atoms with Crippen LogP contribution >= 0.6 is 0 Å². The first kappa shape index (κ1) is 20.0. The molecule has 0 aliphatic heterocycles. The molecule has 0 N–H and O–H groups in total. The molecule has 1 unspecified atom stereocenters. The molecule has 2 nitrogen and oxygen atoms in total. The average Bonchev–Trinajstić information content (AvgIpc) is 2.29. The van der Waals surface area contributed by atoms with Gasteiger partial charge in [0.2, 0.25) is 0 Å². The third-order valence-electron chi connectivity index (χ3n) is 1.69. The summed E-state index contributed by atoms with van der Waals surface area (Å²) >= 11 is 0. The van der Waals surface area contributed by atoms with Crippen molar-refractivity contribution in [2.75, 3.05) is 0 Å². The van der Waals surface area contributed by atoms with Crippen LogP contribution in [0.1, 0.15) is 34.6 Å². The lowest BCUT2D eigenvalue weighted by Gasteiger charge is -1.93. The molecule has 0 fully saturated rings. The minimum atomic E-state index is -0.0185. The van der Waals surface area contributed by atoms with Crippen molar-refractivity contribution in [3.8, 4) is 0 Å². The van der Waals surface area contributed by atoms with Gasteiger partial charge in [0.25, 0.3) is 0 Å². The Balaban J connectivity index is -0.000000183. The fourth-order valence-electron chi connectivity index (χ4n) is 0.310. The molecule has 92 valence electrons. The fraction of sp³-hybridized carbons (Fsp3) is 0.429. The highest BCUT2D eigenvalue weighted by atomic mass is 16.1. The van der Waals surface area contributed by atoms with Gasteiger partial charge in [-0.3, -0.25) is 9.59 Å². The Hall–Kier alpha value is -1.44. The van der Waals surface area contributed by atoms with E-state index in [1.54, 1.807) is 13.0 Å². The van der Waals surface area contributed by atoms with Gasteiger partial charge in [-0.2, -0.15) is 0 Å². The molecule has 0 saturated carbocycles. The average molecular weight is 224 g/mol. The summed E-state index contributed by atoms with van der Waals surface area (Å²) in [5.74, 6) is 0.185. The maximum atomic E-state index is 10.3.